The van der Waals surface area contributed by atoms with E-state index in [0.29, 0.717) is 0 Å². The summed E-state index contributed by atoms with van der Waals surface area (Å²) < 4.78 is 0. The topological polar surface area (TPSA) is 26.0 Å². The Morgan fingerprint density at radius 3 is 2.12 bits per heavy atom. The molecule has 0 radical (unpaired) electrons. The summed E-state index contributed by atoms with van der Waals surface area (Å²) in [6, 6.07) is 6.86. The molecule has 0 amide bonds. The first kappa shape index (κ1) is 14.2. The smallest absolute Gasteiger partial charge is 0.00690 e. The maximum absolute atomic E-state index is 5.73. The number of aryl methyl sites for hydroxylation is 1. The van der Waals surface area contributed by atoms with Crippen molar-refractivity contribution in [1.82, 2.24) is 0 Å². The zero-order chi connectivity index (χ0) is 13.3. The summed E-state index contributed by atoms with van der Waals surface area (Å²) in [5.41, 5.74) is 10.3. The monoisotopic (exact) mass is 233 g/mol. The van der Waals surface area contributed by atoms with Gasteiger partial charge in [0, 0.05) is 0 Å². The standard InChI is InChI=1S/C16H27N/c1-12-7-8-13(15(2,3)4)11-14(12)16(5,6)9-10-17/h7-8,11H,9-10,17H2,1-6H3. The van der Waals surface area contributed by atoms with Crippen molar-refractivity contribution in [1.29, 1.82) is 0 Å². The van der Waals surface area contributed by atoms with E-state index < -0.39 is 0 Å². The van der Waals surface area contributed by atoms with Gasteiger partial charge >= 0.3 is 0 Å². The summed E-state index contributed by atoms with van der Waals surface area (Å²) in [7, 11) is 0. The van der Waals surface area contributed by atoms with E-state index in [9.17, 15) is 0 Å². The molecule has 2 N–H and O–H groups in total. The number of benzene rings is 1. The van der Waals surface area contributed by atoms with Crippen LogP contribution in [0.4, 0.5) is 0 Å². The Morgan fingerprint density at radius 2 is 1.65 bits per heavy atom. The second kappa shape index (κ2) is 4.81. The molecule has 0 atom stereocenters. The lowest BCUT2D eigenvalue weighted by atomic mass is 9.76. The minimum Gasteiger partial charge on any atom is -0.330 e. The number of nitrogens with two attached hydrogens (primary N) is 1. The van der Waals surface area contributed by atoms with Crippen molar-refractivity contribution in [2.45, 2.75) is 58.8 Å². The number of rotatable bonds is 3. The maximum atomic E-state index is 5.73. The normalized spacial score (nSPS) is 12.9. The fourth-order valence-corrected chi connectivity index (χ4v) is 2.31. The summed E-state index contributed by atoms with van der Waals surface area (Å²) >= 11 is 0. The predicted molar refractivity (Wildman–Crippen MR) is 76.6 cm³/mol. The van der Waals surface area contributed by atoms with E-state index in [1.54, 1.807) is 0 Å². The van der Waals surface area contributed by atoms with Crippen LogP contribution in [0.1, 0.15) is 57.7 Å². The van der Waals surface area contributed by atoms with E-state index in [1.807, 2.05) is 0 Å². The van der Waals surface area contributed by atoms with Crippen LogP contribution in [0.2, 0.25) is 0 Å². The van der Waals surface area contributed by atoms with Gasteiger partial charge in [0.15, 0.2) is 0 Å². The van der Waals surface area contributed by atoms with Crippen LogP contribution in [-0.4, -0.2) is 6.54 Å². The molecule has 0 unspecified atom stereocenters. The molecule has 1 aromatic carbocycles. The highest BCUT2D eigenvalue weighted by Crippen LogP contribution is 2.33. The van der Waals surface area contributed by atoms with Gasteiger partial charge in [0.05, 0.1) is 0 Å². The van der Waals surface area contributed by atoms with Gasteiger partial charge in [-0.1, -0.05) is 52.8 Å². The molecule has 1 heteroatoms. The summed E-state index contributed by atoms with van der Waals surface area (Å²) in [6.45, 7) is 14.3. The van der Waals surface area contributed by atoms with E-state index >= 15 is 0 Å². The zero-order valence-corrected chi connectivity index (χ0v) is 12.2. The minimum atomic E-state index is 0.167. The highest BCUT2D eigenvalue weighted by atomic mass is 14.5. The fourth-order valence-electron chi connectivity index (χ4n) is 2.31. The van der Waals surface area contributed by atoms with Crippen molar-refractivity contribution < 1.29 is 0 Å². The minimum absolute atomic E-state index is 0.167. The number of hydrogen-bond donors (Lipinski definition) is 1. The van der Waals surface area contributed by atoms with Crippen molar-refractivity contribution in [3.8, 4) is 0 Å². The van der Waals surface area contributed by atoms with Crippen LogP contribution < -0.4 is 5.73 Å². The van der Waals surface area contributed by atoms with Gasteiger partial charge < -0.3 is 5.73 Å². The van der Waals surface area contributed by atoms with Gasteiger partial charge in [0.25, 0.3) is 0 Å². The van der Waals surface area contributed by atoms with Crippen molar-refractivity contribution in [2.24, 2.45) is 5.73 Å². The molecule has 1 rings (SSSR count). The zero-order valence-electron chi connectivity index (χ0n) is 12.2. The summed E-state index contributed by atoms with van der Waals surface area (Å²) in [5.74, 6) is 0. The van der Waals surface area contributed by atoms with Crippen LogP contribution in [0.15, 0.2) is 18.2 Å². The lowest BCUT2D eigenvalue weighted by molar-refractivity contribution is 0.482. The average Bonchev–Trinajstić information content (AvgIpc) is 2.15. The third-order valence-corrected chi connectivity index (χ3v) is 3.60. The van der Waals surface area contributed by atoms with Gasteiger partial charge in [-0.3, -0.25) is 0 Å². The van der Waals surface area contributed by atoms with Crippen LogP contribution in [0, 0.1) is 6.92 Å². The van der Waals surface area contributed by atoms with E-state index in [-0.39, 0.29) is 10.8 Å². The van der Waals surface area contributed by atoms with E-state index in [1.165, 1.54) is 16.7 Å². The molecule has 0 heterocycles. The van der Waals surface area contributed by atoms with Gasteiger partial charge in [0.1, 0.15) is 0 Å². The first-order valence-corrected chi connectivity index (χ1v) is 6.50. The second-order valence-corrected chi connectivity index (χ2v) is 6.70. The summed E-state index contributed by atoms with van der Waals surface area (Å²) in [4.78, 5) is 0. The molecule has 0 bridgehead atoms. The van der Waals surface area contributed by atoms with E-state index in [0.717, 1.165) is 13.0 Å². The molecule has 0 spiro atoms. The Bertz CT molecular complexity index is 383. The largest absolute Gasteiger partial charge is 0.330 e. The Balaban J connectivity index is 3.24. The first-order valence-electron chi connectivity index (χ1n) is 6.50. The SMILES string of the molecule is Cc1ccc(C(C)(C)C)cc1C(C)(C)CCN. The van der Waals surface area contributed by atoms with Crippen molar-refractivity contribution in [2.75, 3.05) is 6.54 Å². The van der Waals surface area contributed by atoms with Crippen LogP contribution in [0.25, 0.3) is 0 Å². The summed E-state index contributed by atoms with van der Waals surface area (Å²) in [6.07, 6.45) is 1.03. The lowest BCUT2D eigenvalue weighted by Gasteiger charge is -2.29. The molecule has 0 aliphatic carbocycles. The molecule has 0 aliphatic heterocycles. The van der Waals surface area contributed by atoms with Gasteiger partial charge in [-0.05, 0) is 47.4 Å². The first-order chi connectivity index (χ1) is 7.68. The van der Waals surface area contributed by atoms with Gasteiger partial charge in [0.2, 0.25) is 0 Å². The van der Waals surface area contributed by atoms with Crippen LogP contribution in [0.5, 0.6) is 0 Å². The highest BCUT2D eigenvalue weighted by Gasteiger charge is 2.24. The quantitative estimate of drug-likeness (QED) is 0.841. The number of hydrogen-bond acceptors (Lipinski definition) is 1. The molecule has 0 aliphatic rings. The molecule has 0 saturated carbocycles. The van der Waals surface area contributed by atoms with Gasteiger partial charge in [-0.2, -0.15) is 0 Å². The van der Waals surface area contributed by atoms with Gasteiger partial charge in [-0.15, -0.1) is 0 Å². The predicted octanol–water partition coefficient (Wildman–Crippen LogP) is 3.92. The fraction of sp³-hybridized carbons (Fsp3) is 0.625. The molecule has 1 nitrogen and oxygen atoms in total. The highest BCUT2D eigenvalue weighted by molar-refractivity contribution is 5.38. The van der Waals surface area contributed by atoms with Gasteiger partial charge in [-0.25, -0.2) is 0 Å². The third kappa shape index (κ3) is 3.32. The molecule has 96 valence electrons. The van der Waals surface area contributed by atoms with Crippen molar-refractivity contribution >= 4 is 0 Å². The van der Waals surface area contributed by atoms with Crippen LogP contribution >= 0.6 is 0 Å². The maximum Gasteiger partial charge on any atom is -0.00690 e. The Labute approximate surface area is 106 Å². The Morgan fingerprint density at radius 1 is 1.06 bits per heavy atom. The lowest BCUT2D eigenvalue weighted by Crippen LogP contribution is -2.24. The van der Waals surface area contributed by atoms with Crippen molar-refractivity contribution in [3.05, 3.63) is 34.9 Å². The molecular weight excluding hydrogens is 206 g/mol. The van der Waals surface area contributed by atoms with Crippen molar-refractivity contribution in [3.63, 3.8) is 0 Å². The molecule has 0 fully saturated rings. The third-order valence-electron chi connectivity index (χ3n) is 3.60. The Hall–Kier alpha value is -0.820. The molecule has 17 heavy (non-hydrogen) atoms. The molecular formula is C16H27N. The average molecular weight is 233 g/mol. The molecule has 0 saturated heterocycles. The van der Waals surface area contributed by atoms with Crippen LogP contribution in [-0.2, 0) is 10.8 Å². The Kier molecular flexibility index (Phi) is 4.03. The van der Waals surface area contributed by atoms with E-state index in [4.69, 9.17) is 5.73 Å². The van der Waals surface area contributed by atoms with Crippen LogP contribution in [0.3, 0.4) is 0 Å². The molecule has 0 aromatic heterocycles. The summed E-state index contributed by atoms with van der Waals surface area (Å²) in [5, 5.41) is 0. The molecule has 1 aromatic rings. The van der Waals surface area contributed by atoms with E-state index in [2.05, 4.69) is 59.7 Å². The second-order valence-electron chi connectivity index (χ2n) is 6.70.